The Morgan fingerprint density at radius 3 is 2.61 bits per heavy atom. The molecule has 1 aromatic carbocycles. The molecular weight excluding hydrogens is 237 g/mol. The fourth-order valence-corrected chi connectivity index (χ4v) is 1.94. The van der Waals surface area contributed by atoms with Gasteiger partial charge in [-0.15, -0.1) is 0 Å². The van der Waals surface area contributed by atoms with Crippen LogP contribution in [0.2, 0.25) is 0 Å². The molecule has 0 spiro atoms. The number of carboxylic acids is 1. The molecule has 0 aliphatic heterocycles. The van der Waals surface area contributed by atoms with E-state index in [9.17, 15) is 14.0 Å². The number of hydrogen-bond acceptors (Lipinski definition) is 2. The lowest BCUT2D eigenvalue weighted by Gasteiger charge is -2.24. The highest BCUT2D eigenvalue weighted by Gasteiger charge is 2.20. The zero-order valence-electron chi connectivity index (χ0n) is 9.78. The summed E-state index contributed by atoms with van der Waals surface area (Å²) in [5.74, 6) is -1.88. The lowest BCUT2D eigenvalue weighted by atomic mass is 9.83. The van der Waals surface area contributed by atoms with E-state index < -0.39 is 17.3 Å². The minimum absolute atomic E-state index is 0.151. The van der Waals surface area contributed by atoms with E-state index in [1.54, 1.807) is 0 Å². The number of carboxylic acid groups (broad SMARTS) is 1. The zero-order valence-corrected chi connectivity index (χ0v) is 9.78. The Balaban J connectivity index is 1.98. The molecule has 0 radical (unpaired) electrons. The number of hydrogen-bond donors (Lipinski definition) is 2. The van der Waals surface area contributed by atoms with Crippen LogP contribution in [0.3, 0.4) is 0 Å². The summed E-state index contributed by atoms with van der Waals surface area (Å²) in [5.41, 5.74) is -0.103. The average molecular weight is 251 g/mol. The van der Waals surface area contributed by atoms with Crippen LogP contribution in [0.4, 0.5) is 10.1 Å². The monoisotopic (exact) mass is 251 g/mol. The van der Waals surface area contributed by atoms with Gasteiger partial charge in [-0.3, -0.25) is 4.79 Å². The molecule has 5 heteroatoms. The van der Waals surface area contributed by atoms with Crippen LogP contribution in [0.5, 0.6) is 0 Å². The fourth-order valence-electron chi connectivity index (χ4n) is 1.94. The predicted molar refractivity (Wildman–Crippen MR) is 63.9 cm³/mol. The van der Waals surface area contributed by atoms with Gasteiger partial charge in [0.1, 0.15) is 5.82 Å². The molecule has 96 valence electrons. The highest BCUT2D eigenvalue weighted by Crippen LogP contribution is 2.29. The van der Waals surface area contributed by atoms with Gasteiger partial charge in [0.15, 0.2) is 0 Å². The van der Waals surface area contributed by atoms with Crippen LogP contribution < -0.4 is 5.32 Å². The summed E-state index contributed by atoms with van der Waals surface area (Å²) in [6.45, 7) is 0. The van der Waals surface area contributed by atoms with Gasteiger partial charge in [0.2, 0.25) is 5.91 Å². The van der Waals surface area contributed by atoms with E-state index in [1.165, 1.54) is 12.5 Å². The van der Waals surface area contributed by atoms with Gasteiger partial charge in [0, 0.05) is 12.1 Å². The van der Waals surface area contributed by atoms with E-state index in [0.717, 1.165) is 25.0 Å². The first kappa shape index (κ1) is 12.5. The number of anilines is 1. The first-order chi connectivity index (χ1) is 8.56. The van der Waals surface area contributed by atoms with Crippen LogP contribution in [0.1, 0.15) is 36.0 Å². The van der Waals surface area contributed by atoms with Crippen LogP contribution in [-0.2, 0) is 4.79 Å². The van der Waals surface area contributed by atoms with Crippen molar-refractivity contribution in [3.05, 3.63) is 29.6 Å². The molecule has 1 aliphatic rings. The van der Waals surface area contributed by atoms with Crippen molar-refractivity contribution in [1.82, 2.24) is 0 Å². The quantitative estimate of drug-likeness (QED) is 0.864. The smallest absolute Gasteiger partial charge is 0.338 e. The summed E-state index contributed by atoms with van der Waals surface area (Å²) in [7, 11) is 0. The maximum absolute atomic E-state index is 13.4. The third-order valence-electron chi connectivity index (χ3n) is 3.18. The Morgan fingerprint density at radius 2 is 2.11 bits per heavy atom. The molecule has 18 heavy (non-hydrogen) atoms. The van der Waals surface area contributed by atoms with Gasteiger partial charge in [-0.25, -0.2) is 9.18 Å². The molecule has 1 aliphatic carbocycles. The van der Waals surface area contributed by atoms with E-state index in [-0.39, 0.29) is 5.91 Å². The van der Waals surface area contributed by atoms with Crippen LogP contribution in [-0.4, -0.2) is 17.0 Å². The summed E-state index contributed by atoms with van der Waals surface area (Å²) in [6, 6.07) is 3.57. The summed E-state index contributed by atoms with van der Waals surface area (Å²) in [6.07, 6.45) is 3.75. The molecule has 0 bridgehead atoms. The molecule has 2 N–H and O–H groups in total. The van der Waals surface area contributed by atoms with E-state index in [2.05, 4.69) is 5.32 Å². The number of amides is 1. The van der Waals surface area contributed by atoms with Crippen molar-refractivity contribution in [2.24, 2.45) is 5.92 Å². The highest BCUT2D eigenvalue weighted by atomic mass is 19.1. The fraction of sp³-hybridized carbons (Fsp3) is 0.385. The largest absolute Gasteiger partial charge is 0.478 e. The minimum Gasteiger partial charge on any atom is -0.478 e. The number of halogens is 1. The van der Waals surface area contributed by atoms with Gasteiger partial charge in [-0.1, -0.05) is 6.42 Å². The number of rotatable bonds is 4. The normalized spacial score (nSPS) is 14.9. The first-order valence-electron chi connectivity index (χ1n) is 5.89. The maximum Gasteiger partial charge on any atom is 0.338 e. The maximum atomic E-state index is 13.4. The van der Waals surface area contributed by atoms with Crippen LogP contribution in [0, 0.1) is 11.7 Å². The number of aromatic carboxylic acids is 1. The molecule has 4 nitrogen and oxygen atoms in total. The van der Waals surface area contributed by atoms with Crippen molar-refractivity contribution in [2.45, 2.75) is 25.7 Å². The summed E-state index contributed by atoms with van der Waals surface area (Å²) >= 11 is 0. The molecule has 1 aromatic rings. The summed E-state index contributed by atoms with van der Waals surface area (Å²) in [4.78, 5) is 22.2. The topological polar surface area (TPSA) is 66.4 Å². The number of carbonyl (C=O) groups is 2. The lowest BCUT2D eigenvalue weighted by Crippen LogP contribution is -2.21. The Bertz CT molecular complexity index is 483. The van der Waals surface area contributed by atoms with E-state index in [0.29, 0.717) is 18.0 Å². The standard InChI is InChI=1S/C13H14FNO3/c14-11-7-9(4-5-10(11)13(17)18)15-12(16)6-8-2-1-3-8/h4-5,7-8H,1-3,6H2,(H,15,16)(H,17,18). The van der Waals surface area contributed by atoms with Crippen molar-refractivity contribution in [2.75, 3.05) is 5.32 Å². The second kappa shape index (κ2) is 5.16. The molecule has 2 rings (SSSR count). The van der Waals surface area contributed by atoms with Crippen LogP contribution in [0.15, 0.2) is 18.2 Å². The first-order valence-corrected chi connectivity index (χ1v) is 5.89. The van der Waals surface area contributed by atoms with Gasteiger partial charge in [-0.2, -0.15) is 0 Å². The number of nitrogens with one attached hydrogen (secondary N) is 1. The van der Waals surface area contributed by atoms with Gasteiger partial charge < -0.3 is 10.4 Å². The molecule has 0 aromatic heterocycles. The van der Waals surface area contributed by atoms with Crippen molar-refractivity contribution in [1.29, 1.82) is 0 Å². The van der Waals surface area contributed by atoms with Gasteiger partial charge >= 0.3 is 5.97 Å². The molecule has 0 atom stereocenters. The van der Waals surface area contributed by atoms with Crippen molar-refractivity contribution in [3.8, 4) is 0 Å². The average Bonchev–Trinajstić information content (AvgIpc) is 2.23. The molecular formula is C13H14FNO3. The van der Waals surface area contributed by atoms with E-state index in [4.69, 9.17) is 5.11 Å². The number of carbonyl (C=O) groups excluding carboxylic acids is 1. The molecule has 1 amide bonds. The molecule has 1 fully saturated rings. The minimum atomic E-state index is -1.32. The van der Waals surface area contributed by atoms with Crippen molar-refractivity contribution >= 4 is 17.6 Å². The van der Waals surface area contributed by atoms with Gasteiger partial charge in [-0.05, 0) is 37.0 Å². The Hall–Kier alpha value is -1.91. The SMILES string of the molecule is O=C(CC1CCC1)Nc1ccc(C(=O)O)c(F)c1. The third kappa shape index (κ3) is 2.85. The van der Waals surface area contributed by atoms with Crippen LogP contribution >= 0.6 is 0 Å². The highest BCUT2D eigenvalue weighted by molar-refractivity contribution is 5.92. The predicted octanol–water partition coefficient (Wildman–Crippen LogP) is 2.65. The Kier molecular flexibility index (Phi) is 3.60. The van der Waals surface area contributed by atoms with E-state index in [1.807, 2.05) is 0 Å². The van der Waals surface area contributed by atoms with Crippen LogP contribution in [0.25, 0.3) is 0 Å². The van der Waals surface area contributed by atoms with Crippen molar-refractivity contribution < 1.29 is 19.1 Å². The summed E-state index contributed by atoms with van der Waals surface area (Å²) < 4.78 is 13.4. The molecule has 0 saturated heterocycles. The third-order valence-corrected chi connectivity index (χ3v) is 3.18. The number of benzene rings is 1. The Labute approximate surface area is 104 Å². The second-order valence-corrected chi connectivity index (χ2v) is 4.55. The summed E-state index contributed by atoms with van der Waals surface area (Å²) in [5, 5.41) is 11.2. The molecule has 1 saturated carbocycles. The second-order valence-electron chi connectivity index (χ2n) is 4.55. The Morgan fingerprint density at radius 1 is 1.39 bits per heavy atom. The molecule has 0 unspecified atom stereocenters. The zero-order chi connectivity index (χ0) is 13.1. The lowest BCUT2D eigenvalue weighted by molar-refractivity contribution is -0.117. The van der Waals surface area contributed by atoms with E-state index >= 15 is 0 Å². The van der Waals surface area contributed by atoms with Crippen molar-refractivity contribution in [3.63, 3.8) is 0 Å². The van der Waals surface area contributed by atoms with Gasteiger partial charge in [0.25, 0.3) is 0 Å². The van der Waals surface area contributed by atoms with Gasteiger partial charge in [0.05, 0.1) is 5.56 Å². The molecule has 0 heterocycles.